The molecule has 3 aliphatic rings. The molecule has 3 aliphatic heterocycles. The number of nitrogens with one attached hydrogen (secondary N) is 1. The maximum atomic E-state index is 13.0. The van der Waals surface area contributed by atoms with Crippen LogP contribution in [0.3, 0.4) is 0 Å². The van der Waals surface area contributed by atoms with Crippen LogP contribution >= 0.6 is 0 Å². The van der Waals surface area contributed by atoms with E-state index in [9.17, 15) is 9.59 Å². The van der Waals surface area contributed by atoms with E-state index in [0.29, 0.717) is 19.6 Å². The molecule has 8 heteroatoms. The first-order valence-electron chi connectivity index (χ1n) is 10.4. The first-order chi connectivity index (χ1) is 13.6. The molecule has 2 saturated heterocycles. The molecule has 0 bridgehead atoms. The Labute approximate surface area is 166 Å². The van der Waals surface area contributed by atoms with Crippen LogP contribution in [0.25, 0.3) is 0 Å². The van der Waals surface area contributed by atoms with Crippen molar-refractivity contribution in [3.8, 4) is 0 Å². The summed E-state index contributed by atoms with van der Waals surface area (Å²) in [5.41, 5.74) is 1.68. The fourth-order valence-corrected chi connectivity index (χ4v) is 5.23. The van der Waals surface area contributed by atoms with E-state index in [-0.39, 0.29) is 24.3 Å². The van der Waals surface area contributed by atoms with Crippen LogP contribution in [0.15, 0.2) is 6.33 Å². The molecule has 4 heterocycles. The number of rotatable bonds is 4. The number of H-pyrrole nitrogens is 1. The highest BCUT2D eigenvalue weighted by Gasteiger charge is 2.49. The lowest BCUT2D eigenvalue weighted by atomic mass is 9.78. The topological polar surface area (TPSA) is 81.8 Å². The summed E-state index contributed by atoms with van der Waals surface area (Å²) in [5, 5.41) is 0. The number of ether oxygens (including phenoxy) is 1. The Balaban J connectivity index is 1.50. The van der Waals surface area contributed by atoms with E-state index >= 15 is 0 Å². The van der Waals surface area contributed by atoms with Gasteiger partial charge in [-0.15, -0.1) is 0 Å². The summed E-state index contributed by atoms with van der Waals surface area (Å²) in [4.78, 5) is 39.9. The van der Waals surface area contributed by atoms with Crippen molar-refractivity contribution in [1.82, 2.24) is 24.7 Å². The number of amides is 2. The highest BCUT2D eigenvalue weighted by molar-refractivity contribution is 5.80. The molecule has 2 fully saturated rings. The van der Waals surface area contributed by atoms with E-state index in [1.54, 1.807) is 13.4 Å². The first kappa shape index (κ1) is 19.4. The van der Waals surface area contributed by atoms with Gasteiger partial charge in [0.1, 0.15) is 6.61 Å². The van der Waals surface area contributed by atoms with Gasteiger partial charge in [-0.05, 0) is 32.4 Å². The van der Waals surface area contributed by atoms with Crippen molar-refractivity contribution >= 4 is 11.8 Å². The molecule has 1 aromatic heterocycles. The van der Waals surface area contributed by atoms with Crippen molar-refractivity contribution in [2.75, 3.05) is 53.0 Å². The molecule has 0 saturated carbocycles. The molecular weight excluding hydrogens is 358 g/mol. The van der Waals surface area contributed by atoms with Crippen LogP contribution in [0, 0.1) is 5.92 Å². The molecule has 1 atom stereocenters. The van der Waals surface area contributed by atoms with Crippen molar-refractivity contribution in [3.63, 3.8) is 0 Å². The van der Waals surface area contributed by atoms with Gasteiger partial charge in [-0.2, -0.15) is 0 Å². The standard InChI is InChI=1S/C20H31N5O3/c1-3-23-8-4-15(12-23)19(27)24-10-6-20(7-11-24)18-16(21-14-22-18)5-9-25(20)17(26)13-28-2/h14-15H,3-13H2,1-2H3,(H,21,22)/t15-/m1/s1. The Morgan fingerprint density at radius 3 is 2.75 bits per heavy atom. The molecule has 0 aromatic carbocycles. The highest BCUT2D eigenvalue weighted by atomic mass is 16.5. The van der Waals surface area contributed by atoms with Gasteiger partial charge in [-0.1, -0.05) is 6.92 Å². The van der Waals surface area contributed by atoms with Crippen LogP contribution < -0.4 is 0 Å². The maximum Gasteiger partial charge on any atom is 0.249 e. The van der Waals surface area contributed by atoms with Gasteiger partial charge in [0, 0.05) is 45.4 Å². The second-order valence-electron chi connectivity index (χ2n) is 8.19. The van der Waals surface area contributed by atoms with Gasteiger partial charge in [0.05, 0.1) is 23.5 Å². The predicted octanol–water partition coefficient (Wildman–Crippen LogP) is 0.600. The van der Waals surface area contributed by atoms with Gasteiger partial charge in [-0.25, -0.2) is 4.98 Å². The second kappa shape index (κ2) is 7.83. The van der Waals surface area contributed by atoms with Crippen molar-refractivity contribution < 1.29 is 14.3 Å². The zero-order valence-electron chi connectivity index (χ0n) is 16.9. The molecule has 2 amide bonds. The van der Waals surface area contributed by atoms with Gasteiger partial charge in [0.25, 0.3) is 0 Å². The Morgan fingerprint density at radius 1 is 1.29 bits per heavy atom. The molecule has 154 valence electrons. The maximum absolute atomic E-state index is 13.0. The van der Waals surface area contributed by atoms with E-state index in [1.165, 1.54) is 0 Å². The van der Waals surface area contributed by atoms with Crippen LogP contribution in [-0.4, -0.2) is 89.5 Å². The minimum atomic E-state index is -0.425. The number of hydrogen-bond donors (Lipinski definition) is 1. The van der Waals surface area contributed by atoms with Gasteiger partial charge in [0.15, 0.2) is 0 Å². The van der Waals surface area contributed by atoms with E-state index in [1.807, 2.05) is 9.80 Å². The van der Waals surface area contributed by atoms with Crippen LogP contribution in [-0.2, 0) is 26.3 Å². The zero-order valence-corrected chi connectivity index (χ0v) is 16.9. The number of hydrogen-bond acceptors (Lipinski definition) is 5. The fraction of sp³-hybridized carbons (Fsp3) is 0.750. The summed E-state index contributed by atoms with van der Waals surface area (Å²) in [6, 6.07) is 0. The van der Waals surface area contributed by atoms with Crippen LogP contribution in [0.1, 0.15) is 37.6 Å². The minimum absolute atomic E-state index is 0.00491. The first-order valence-corrected chi connectivity index (χ1v) is 10.4. The highest BCUT2D eigenvalue weighted by Crippen LogP contribution is 2.42. The normalized spacial score (nSPS) is 24.6. The Bertz CT molecular complexity index is 725. The van der Waals surface area contributed by atoms with Gasteiger partial charge in [0.2, 0.25) is 11.8 Å². The van der Waals surface area contributed by atoms with E-state index in [2.05, 4.69) is 21.8 Å². The lowest BCUT2D eigenvalue weighted by molar-refractivity contribution is -0.148. The van der Waals surface area contributed by atoms with E-state index in [0.717, 1.165) is 56.7 Å². The van der Waals surface area contributed by atoms with Gasteiger partial charge >= 0.3 is 0 Å². The van der Waals surface area contributed by atoms with Crippen LogP contribution in [0.2, 0.25) is 0 Å². The smallest absolute Gasteiger partial charge is 0.249 e. The summed E-state index contributed by atoms with van der Waals surface area (Å²) in [7, 11) is 1.55. The summed E-state index contributed by atoms with van der Waals surface area (Å²) in [6.45, 7) is 7.13. The number of nitrogens with zero attached hydrogens (tertiary/aromatic N) is 4. The van der Waals surface area contributed by atoms with E-state index in [4.69, 9.17) is 4.74 Å². The molecule has 1 N–H and O–H groups in total. The third-order valence-corrected chi connectivity index (χ3v) is 6.80. The molecule has 0 radical (unpaired) electrons. The summed E-state index contributed by atoms with van der Waals surface area (Å²) in [6.07, 6.45) is 4.93. The molecule has 1 aromatic rings. The zero-order chi connectivity index (χ0) is 19.7. The van der Waals surface area contributed by atoms with Gasteiger partial charge in [-0.3, -0.25) is 9.59 Å². The third-order valence-electron chi connectivity index (χ3n) is 6.80. The molecular formula is C20H31N5O3. The summed E-state index contributed by atoms with van der Waals surface area (Å²) in [5.74, 6) is 0.400. The fourth-order valence-electron chi connectivity index (χ4n) is 5.23. The minimum Gasteiger partial charge on any atom is -0.375 e. The number of aromatic amines is 1. The number of imidazole rings is 1. The Morgan fingerprint density at radius 2 is 2.07 bits per heavy atom. The van der Waals surface area contributed by atoms with Crippen LogP contribution in [0.5, 0.6) is 0 Å². The Hall–Kier alpha value is -1.93. The number of piperidine rings is 1. The lowest BCUT2D eigenvalue weighted by Crippen LogP contribution is -2.60. The van der Waals surface area contributed by atoms with Crippen molar-refractivity contribution in [2.24, 2.45) is 5.92 Å². The van der Waals surface area contributed by atoms with E-state index < -0.39 is 5.54 Å². The molecule has 0 unspecified atom stereocenters. The van der Waals surface area contributed by atoms with Crippen molar-refractivity contribution in [1.29, 1.82) is 0 Å². The van der Waals surface area contributed by atoms with Crippen molar-refractivity contribution in [3.05, 3.63) is 17.7 Å². The number of methoxy groups -OCH3 is 1. The summed E-state index contributed by atoms with van der Waals surface area (Å²) < 4.78 is 5.12. The SMILES string of the molecule is CCN1CC[C@@H](C(=O)N2CCC3(CC2)c2nc[nH]c2CCN3C(=O)COC)C1. The molecule has 0 aliphatic carbocycles. The average Bonchev–Trinajstić information content (AvgIpc) is 3.38. The molecule has 1 spiro atoms. The number of likely N-dealkylation sites (tertiary alicyclic amines) is 2. The van der Waals surface area contributed by atoms with Gasteiger partial charge < -0.3 is 24.4 Å². The monoisotopic (exact) mass is 389 g/mol. The number of aromatic nitrogens is 2. The average molecular weight is 390 g/mol. The lowest BCUT2D eigenvalue weighted by Gasteiger charge is -2.50. The van der Waals surface area contributed by atoms with Crippen LogP contribution in [0.4, 0.5) is 0 Å². The Kier molecular flexibility index (Phi) is 5.42. The molecule has 4 rings (SSSR count). The number of carbonyl (C=O) groups is 2. The molecule has 28 heavy (non-hydrogen) atoms. The second-order valence-corrected chi connectivity index (χ2v) is 8.19. The largest absolute Gasteiger partial charge is 0.375 e. The van der Waals surface area contributed by atoms with Crippen molar-refractivity contribution in [2.45, 2.75) is 38.1 Å². The number of carbonyl (C=O) groups excluding carboxylic acids is 2. The third kappa shape index (κ3) is 3.22. The number of fused-ring (bicyclic) bond motifs is 2. The quantitative estimate of drug-likeness (QED) is 0.816. The summed E-state index contributed by atoms with van der Waals surface area (Å²) >= 11 is 0. The molecule has 8 nitrogen and oxygen atoms in total. The predicted molar refractivity (Wildman–Crippen MR) is 104 cm³/mol.